The highest BCUT2D eigenvalue weighted by molar-refractivity contribution is 5.18. The van der Waals surface area contributed by atoms with E-state index in [1.807, 2.05) is 6.07 Å². The molecule has 0 amide bonds. The third-order valence-corrected chi connectivity index (χ3v) is 2.56. The molecule has 1 saturated carbocycles. The number of rotatable bonds is 3. The molecule has 0 unspecified atom stereocenters. The lowest BCUT2D eigenvalue weighted by molar-refractivity contribution is 0.0645. The molecule has 2 rings (SSSR count). The van der Waals surface area contributed by atoms with Crippen molar-refractivity contribution >= 4 is 0 Å². The maximum atomic E-state index is 8.53. The highest BCUT2D eigenvalue weighted by Gasteiger charge is 2.29. The minimum atomic E-state index is 0.209. The standard InChI is InChI=1S/C10H12N4O/c11-3-7-1-9(2-7)15-10-6-13-8(4-12)5-14-10/h5-7,9H,1-3,11H2. The van der Waals surface area contributed by atoms with E-state index in [1.54, 1.807) is 0 Å². The molecule has 0 aromatic carbocycles. The molecule has 0 bridgehead atoms. The van der Waals surface area contributed by atoms with Gasteiger partial charge in [0.05, 0.1) is 12.4 Å². The van der Waals surface area contributed by atoms with E-state index in [9.17, 15) is 0 Å². The molecule has 1 fully saturated rings. The number of nitrogens with zero attached hydrogens (tertiary/aromatic N) is 3. The maximum Gasteiger partial charge on any atom is 0.232 e. The smallest absolute Gasteiger partial charge is 0.232 e. The molecule has 1 aromatic rings. The van der Waals surface area contributed by atoms with E-state index in [4.69, 9.17) is 15.7 Å². The van der Waals surface area contributed by atoms with Gasteiger partial charge >= 0.3 is 0 Å². The van der Waals surface area contributed by atoms with Crippen LogP contribution in [-0.2, 0) is 0 Å². The van der Waals surface area contributed by atoms with Crippen molar-refractivity contribution < 1.29 is 4.74 Å². The maximum absolute atomic E-state index is 8.53. The van der Waals surface area contributed by atoms with Crippen molar-refractivity contribution in [1.82, 2.24) is 9.97 Å². The first kappa shape index (κ1) is 9.87. The fourth-order valence-electron chi connectivity index (χ4n) is 1.57. The molecule has 5 nitrogen and oxygen atoms in total. The van der Waals surface area contributed by atoms with Gasteiger partial charge in [0.25, 0.3) is 0 Å². The van der Waals surface area contributed by atoms with Crippen LogP contribution in [0.25, 0.3) is 0 Å². The van der Waals surface area contributed by atoms with E-state index >= 15 is 0 Å². The van der Waals surface area contributed by atoms with Crippen molar-refractivity contribution in [3.63, 3.8) is 0 Å². The van der Waals surface area contributed by atoms with Crippen LogP contribution in [0.3, 0.4) is 0 Å². The van der Waals surface area contributed by atoms with Gasteiger partial charge < -0.3 is 10.5 Å². The lowest BCUT2D eigenvalue weighted by Crippen LogP contribution is -2.37. The lowest BCUT2D eigenvalue weighted by atomic mass is 9.82. The molecule has 1 heterocycles. The summed E-state index contributed by atoms with van der Waals surface area (Å²) in [5.74, 6) is 1.07. The zero-order valence-corrected chi connectivity index (χ0v) is 8.26. The zero-order chi connectivity index (χ0) is 10.7. The van der Waals surface area contributed by atoms with Gasteiger partial charge in [-0.15, -0.1) is 0 Å². The van der Waals surface area contributed by atoms with Crippen molar-refractivity contribution in [1.29, 1.82) is 5.26 Å². The monoisotopic (exact) mass is 204 g/mol. The summed E-state index contributed by atoms with van der Waals surface area (Å²) in [7, 11) is 0. The Morgan fingerprint density at radius 3 is 2.80 bits per heavy atom. The number of hydrogen-bond donors (Lipinski definition) is 1. The fourth-order valence-corrected chi connectivity index (χ4v) is 1.57. The Kier molecular flexibility index (Phi) is 2.79. The van der Waals surface area contributed by atoms with E-state index in [-0.39, 0.29) is 6.10 Å². The van der Waals surface area contributed by atoms with Gasteiger partial charge in [-0.05, 0) is 25.3 Å². The van der Waals surface area contributed by atoms with Crippen LogP contribution in [0.1, 0.15) is 18.5 Å². The van der Waals surface area contributed by atoms with Crippen LogP contribution in [-0.4, -0.2) is 22.6 Å². The third-order valence-electron chi connectivity index (χ3n) is 2.56. The van der Waals surface area contributed by atoms with Crippen LogP contribution in [0.15, 0.2) is 12.4 Å². The molecule has 2 N–H and O–H groups in total. The Labute approximate surface area is 87.9 Å². The van der Waals surface area contributed by atoms with Crippen molar-refractivity contribution in [2.75, 3.05) is 6.54 Å². The summed E-state index contributed by atoms with van der Waals surface area (Å²) in [6.45, 7) is 0.721. The number of aromatic nitrogens is 2. The largest absolute Gasteiger partial charge is 0.473 e. The quantitative estimate of drug-likeness (QED) is 0.773. The molecule has 1 aliphatic carbocycles. The fraction of sp³-hybridized carbons (Fsp3) is 0.500. The third kappa shape index (κ3) is 2.22. The second-order valence-corrected chi connectivity index (χ2v) is 3.66. The van der Waals surface area contributed by atoms with Gasteiger partial charge in [0.1, 0.15) is 12.2 Å². The summed E-state index contributed by atoms with van der Waals surface area (Å²) in [4.78, 5) is 7.86. The molecule has 1 aliphatic rings. The first-order valence-corrected chi connectivity index (χ1v) is 4.90. The predicted octanol–water partition coefficient (Wildman–Crippen LogP) is 0.464. The second kappa shape index (κ2) is 4.24. The first-order chi connectivity index (χ1) is 7.31. The Morgan fingerprint density at radius 2 is 2.27 bits per heavy atom. The second-order valence-electron chi connectivity index (χ2n) is 3.66. The van der Waals surface area contributed by atoms with Crippen molar-refractivity contribution in [3.8, 4) is 11.9 Å². The Morgan fingerprint density at radius 1 is 1.47 bits per heavy atom. The average Bonchev–Trinajstić information content (AvgIpc) is 2.23. The van der Waals surface area contributed by atoms with Crippen molar-refractivity contribution in [2.45, 2.75) is 18.9 Å². The summed E-state index contributed by atoms with van der Waals surface area (Å²) in [6.07, 6.45) is 5.07. The first-order valence-electron chi connectivity index (χ1n) is 4.90. The minimum absolute atomic E-state index is 0.209. The summed E-state index contributed by atoms with van der Waals surface area (Å²) in [6, 6.07) is 1.91. The lowest BCUT2D eigenvalue weighted by Gasteiger charge is -2.33. The molecule has 78 valence electrons. The van der Waals surface area contributed by atoms with Crippen molar-refractivity contribution in [3.05, 3.63) is 18.1 Å². The summed E-state index contributed by atoms with van der Waals surface area (Å²) in [5.41, 5.74) is 5.81. The summed E-state index contributed by atoms with van der Waals surface area (Å²) >= 11 is 0. The minimum Gasteiger partial charge on any atom is -0.473 e. The zero-order valence-electron chi connectivity index (χ0n) is 8.26. The van der Waals surface area contributed by atoms with Crippen molar-refractivity contribution in [2.24, 2.45) is 11.7 Å². The van der Waals surface area contributed by atoms with Gasteiger partial charge in [0, 0.05) is 0 Å². The molecule has 0 saturated heterocycles. The normalized spacial score (nSPS) is 24.0. The van der Waals surface area contributed by atoms with Crippen LogP contribution in [0, 0.1) is 17.2 Å². The van der Waals surface area contributed by atoms with Gasteiger partial charge in [-0.3, -0.25) is 0 Å². The van der Waals surface area contributed by atoms with Gasteiger partial charge in [-0.1, -0.05) is 0 Å². The van der Waals surface area contributed by atoms with Crippen LogP contribution < -0.4 is 10.5 Å². The molecule has 0 aliphatic heterocycles. The van der Waals surface area contributed by atoms with Crippen LogP contribution in [0.5, 0.6) is 5.88 Å². The van der Waals surface area contributed by atoms with E-state index < -0.39 is 0 Å². The van der Waals surface area contributed by atoms with E-state index in [0.29, 0.717) is 17.5 Å². The molecule has 1 aromatic heterocycles. The van der Waals surface area contributed by atoms with Gasteiger partial charge in [-0.25, -0.2) is 9.97 Å². The Balaban J connectivity index is 1.87. The molecular weight excluding hydrogens is 192 g/mol. The highest BCUT2D eigenvalue weighted by atomic mass is 16.5. The van der Waals surface area contributed by atoms with E-state index in [1.165, 1.54) is 12.4 Å². The number of nitrogens with two attached hydrogens (primary N) is 1. The van der Waals surface area contributed by atoms with Crippen LogP contribution in [0.2, 0.25) is 0 Å². The SMILES string of the molecule is N#Cc1cnc(OC2CC(CN)C2)cn1. The van der Waals surface area contributed by atoms with Gasteiger partial charge in [0.2, 0.25) is 5.88 Å². The Hall–Kier alpha value is -1.67. The topological polar surface area (TPSA) is 84.8 Å². The number of hydrogen-bond acceptors (Lipinski definition) is 5. The Bertz CT molecular complexity index is 364. The van der Waals surface area contributed by atoms with E-state index in [2.05, 4.69) is 9.97 Å². The average molecular weight is 204 g/mol. The molecule has 0 atom stereocenters. The highest BCUT2D eigenvalue weighted by Crippen LogP contribution is 2.29. The van der Waals surface area contributed by atoms with Gasteiger partial charge in [0.15, 0.2) is 5.69 Å². The molecule has 0 radical (unpaired) electrons. The van der Waals surface area contributed by atoms with Gasteiger partial charge in [-0.2, -0.15) is 5.26 Å². The molecule has 5 heteroatoms. The van der Waals surface area contributed by atoms with Crippen LogP contribution >= 0.6 is 0 Å². The van der Waals surface area contributed by atoms with Crippen LogP contribution in [0.4, 0.5) is 0 Å². The predicted molar refractivity (Wildman–Crippen MR) is 52.9 cm³/mol. The van der Waals surface area contributed by atoms with E-state index in [0.717, 1.165) is 19.4 Å². The summed E-state index contributed by atoms with van der Waals surface area (Å²) in [5, 5.41) is 8.53. The molecule has 0 spiro atoms. The summed E-state index contributed by atoms with van der Waals surface area (Å²) < 4.78 is 5.54. The molecular formula is C10H12N4O. The molecule has 15 heavy (non-hydrogen) atoms. The number of ether oxygens (including phenoxy) is 1. The number of nitriles is 1.